The van der Waals surface area contributed by atoms with E-state index in [2.05, 4.69) is 4.74 Å². The third-order valence-electron chi connectivity index (χ3n) is 2.09. The first-order valence-corrected chi connectivity index (χ1v) is 4.99. The molecule has 0 saturated heterocycles. The molecule has 0 bridgehead atoms. The molecule has 1 aromatic rings. The minimum Gasteiger partial charge on any atom is -0.503 e. The minimum absolute atomic E-state index is 0.172. The Labute approximate surface area is 97.3 Å². The summed E-state index contributed by atoms with van der Waals surface area (Å²) in [5, 5.41) is 8.92. The Morgan fingerprint density at radius 1 is 1.41 bits per heavy atom. The van der Waals surface area contributed by atoms with Gasteiger partial charge >= 0.3 is 5.97 Å². The number of esters is 1. The van der Waals surface area contributed by atoms with Gasteiger partial charge in [0.2, 0.25) is 0 Å². The number of phenolic OH excluding ortho intramolecular Hbond substituents is 1. The summed E-state index contributed by atoms with van der Waals surface area (Å²) in [4.78, 5) is 11.1. The van der Waals surface area contributed by atoms with Crippen LogP contribution in [0, 0.1) is 11.6 Å². The summed E-state index contributed by atoms with van der Waals surface area (Å²) in [6, 6.07) is 1.90. The average molecular weight is 242 g/mol. The van der Waals surface area contributed by atoms with Gasteiger partial charge in [-0.25, -0.2) is 13.6 Å². The Morgan fingerprint density at radius 2 is 1.94 bits per heavy atom. The molecular formula is C12H12F2O3. The Bertz CT molecular complexity index is 444. The fraction of sp³-hybridized carbons (Fsp3) is 0.250. The van der Waals surface area contributed by atoms with Crippen molar-refractivity contribution in [3.63, 3.8) is 0 Å². The molecule has 5 heteroatoms. The van der Waals surface area contributed by atoms with Gasteiger partial charge in [-0.05, 0) is 37.1 Å². The number of hydrogen-bond donors (Lipinski definition) is 1. The zero-order chi connectivity index (χ0) is 13.0. The molecule has 3 nitrogen and oxygen atoms in total. The van der Waals surface area contributed by atoms with Gasteiger partial charge in [0.25, 0.3) is 0 Å². The number of allylic oxidation sites excluding steroid dienone is 1. The summed E-state index contributed by atoms with van der Waals surface area (Å²) in [5.74, 6) is -3.76. The summed E-state index contributed by atoms with van der Waals surface area (Å²) < 4.78 is 30.8. The van der Waals surface area contributed by atoms with Gasteiger partial charge < -0.3 is 9.84 Å². The SMILES string of the molecule is CCOC(=O)C=C(C)c1cc(F)c(O)c(F)c1. The van der Waals surface area contributed by atoms with Crippen molar-refractivity contribution in [3.05, 3.63) is 35.4 Å². The highest BCUT2D eigenvalue weighted by molar-refractivity contribution is 5.90. The van der Waals surface area contributed by atoms with Crippen LogP contribution >= 0.6 is 0 Å². The number of rotatable bonds is 3. The van der Waals surface area contributed by atoms with Crippen molar-refractivity contribution in [2.24, 2.45) is 0 Å². The van der Waals surface area contributed by atoms with Gasteiger partial charge in [0.05, 0.1) is 6.61 Å². The molecule has 0 amide bonds. The van der Waals surface area contributed by atoms with Crippen molar-refractivity contribution in [1.29, 1.82) is 0 Å². The lowest BCUT2D eigenvalue weighted by molar-refractivity contribution is -0.137. The molecule has 0 radical (unpaired) electrons. The Hall–Kier alpha value is -1.91. The van der Waals surface area contributed by atoms with Crippen LogP contribution in [-0.2, 0) is 9.53 Å². The van der Waals surface area contributed by atoms with Crippen molar-refractivity contribution in [2.45, 2.75) is 13.8 Å². The lowest BCUT2D eigenvalue weighted by Gasteiger charge is -2.04. The van der Waals surface area contributed by atoms with Crippen LogP contribution in [0.25, 0.3) is 5.57 Å². The summed E-state index contributed by atoms with van der Waals surface area (Å²) in [7, 11) is 0. The fourth-order valence-corrected chi connectivity index (χ4v) is 1.24. The summed E-state index contributed by atoms with van der Waals surface area (Å²) in [5.41, 5.74) is 0.520. The molecule has 0 saturated carbocycles. The number of benzene rings is 1. The highest BCUT2D eigenvalue weighted by Gasteiger charge is 2.11. The van der Waals surface area contributed by atoms with Gasteiger partial charge in [0.15, 0.2) is 17.4 Å². The monoisotopic (exact) mass is 242 g/mol. The Kier molecular flexibility index (Phi) is 4.20. The minimum atomic E-state index is -1.07. The van der Waals surface area contributed by atoms with E-state index in [1.54, 1.807) is 6.92 Å². The summed E-state index contributed by atoms with van der Waals surface area (Å²) in [6.07, 6.45) is 1.13. The zero-order valence-corrected chi connectivity index (χ0v) is 9.46. The number of carbonyl (C=O) groups is 1. The van der Waals surface area contributed by atoms with Crippen LogP contribution in [0.2, 0.25) is 0 Å². The maximum Gasteiger partial charge on any atom is 0.331 e. The number of aromatic hydroxyl groups is 1. The van der Waals surface area contributed by atoms with Gasteiger partial charge in [0.1, 0.15) is 0 Å². The molecule has 0 heterocycles. The first-order valence-electron chi connectivity index (χ1n) is 4.99. The normalized spacial score (nSPS) is 11.4. The van der Waals surface area contributed by atoms with E-state index in [0.29, 0.717) is 5.57 Å². The number of phenols is 1. The summed E-state index contributed by atoms with van der Waals surface area (Å²) >= 11 is 0. The molecule has 1 rings (SSSR count). The van der Waals surface area contributed by atoms with Crippen molar-refractivity contribution in [2.75, 3.05) is 6.61 Å². The van der Waals surface area contributed by atoms with Gasteiger partial charge in [-0.3, -0.25) is 0 Å². The highest BCUT2D eigenvalue weighted by atomic mass is 19.1. The second-order valence-electron chi connectivity index (χ2n) is 3.37. The first kappa shape index (κ1) is 13.2. The van der Waals surface area contributed by atoms with Crippen molar-refractivity contribution >= 4 is 11.5 Å². The second kappa shape index (κ2) is 5.43. The lowest BCUT2D eigenvalue weighted by atomic mass is 10.1. The highest BCUT2D eigenvalue weighted by Crippen LogP contribution is 2.25. The Balaban J connectivity index is 3.04. The molecule has 92 valence electrons. The smallest absolute Gasteiger partial charge is 0.331 e. The van der Waals surface area contributed by atoms with E-state index in [0.717, 1.165) is 18.2 Å². The molecule has 17 heavy (non-hydrogen) atoms. The van der Waals surface area contributed by atoms with Crippen molar-refractivity contribution in [1.82, 2.24) is 0 Å². The largest absolute Gasteiger partial charge is 0.503 e. The van der Waals surface area contributed by atoms with Gasteiger partial charge in [0, 0.05) is 6.08 Å². The topological polar surface area (TPSA) is 46.5 Å². The van der Waals surface area contributed by atoms with Crippen LogP contribution in [0.15, 0.2) is 18.2 Å². The van der Waals surface area contributed by atoms with E-state index < -0.39 is 23.4 Å². The zero-order valence-electron chi connectivity index (χ0n) is 9.46. The molecule has 0 spiro atoms. The van der Waals surface area contributed by atoms with Gasteiger partial charge in [-0.1, -0.05) is 0 Å². The van der Waals surface area contributed by atoms with E-state index in [1.807, 2.05) is 0 Å². The van der Waals surface area contributed by atoms with Crippen molar-refractivity contribution < 1.29 is 23.4 Å². The Morgan fingerprint density at radius 3 is 2.41 bits per heavy atom. The molecule has 0 atom stereocenters. The van der Waals surface area contributed by atoms with Crippen molar-refractivity contribution in [3.8, 4) is 5.75 Å². The first-order chi connectivity index (χ1) is 7.95. The molecule has 1 aromatic carbocycles. The fourth-order valence-electron chi connectivity index (χ4n) is 1.24. The summed E-state index contributed by atoms with van der Waals surface area (Å²) in [6.45, 7) is 3.39. The van der Waals surface area contributed by atoms with Crippen LogP contribution in [0.1, 0.15) is 19.4 Å². The lowest BCUT2D eigenvalue weighted by Crippen LogP contribution is -2.00. The average Bonchev–Trinajstić information content (AvgIpc) is 2.25. The van der Waals surface area contributed by atoms with E-state index in [1.165, 1.54) is 6.92 Å². The van der Waals surface area contributed by atoms with Crippen LogP contribution in [0.4, 0.5) is 8.78 Å². The molecule has 0 aliphatic rings. The number of ether oxygens (including phenoxy) is 1. The molecule has 0 aliphatic carbocycles. The number of hydrogen-bond acceptors (Lipinski definition) is 3. The van der Waals surface area contributed by atoms with Crippen LogP contribution in [0.3, 0.4) is 0 Å². The molecule has 1 N–H and O–H groups in total. The molecule has 0 unspecified atom stereocenters. The second-order valence-corrected chi connectivity index (χ2v) is 3.37. The van der Waals surface area contributed by atoms with Gasteiger partial charge in [-0.15, -0.1) is 0 Å². The van der Waals surface area contributed by atoms with Crippen LogP contribution < -0.4 is 0 Å². The molecule has 0 fully saturated rings. The maximum absolute atomic E-state index is 13.1. The number of carbonyl (C=O) groups excluding carboxylic acids is 1. The van der Waals surface area contributed by atoms with E-state index in [4.69, 9.17) is 5.11 Å². The van der Waals surface area contributed by atoms with Crippen LogP contribution in [-0.4, -0.2) is 17.7 Å². The molecule has 0 aliphatic heterocycles. The molecule has 0 aromatic heterocycles. The maximum atomic E-state index is 13.1. The predicted octanol–water partition coefficient (Wildman–Crippen LogP) is 2.64. The number of halogens is 2. The van der Waals surface area contributed by atoms with Gasteiger partial charge in [-0.2, -0.15) is 0 Å². The predicted molar refractivity (Wildman–Crippen MR) is 58.3 cm³/mol. The quantitative estimate of drug-likeness (QED) is 0.654. The van der Waals surface area contributed by atoms with E-state index in [9.17, 15) is 13.6 Å². The van der Waals surface area contributed by atoms with E-state index >= 15 is 0 Å². The third kappa shape index (κ3) is 3.27. The third-order valence-corrected chi connectivity index (χ3v) is 2.09. The standard InChI is InChI=1S/C12H12F2O3/c1-3-17-11(15)4-7(2)8-5-9(13)12(16)10(14)6-8/h4-6,16H,3H2,1-2H3. The van der Waals surface area contributed by atoms with E-state index in [-0.39, 0.29) is 12.2 Å². The molecular weight excluding hydrogens is 230 g/mol. The van der Waals surface area contributed by atoms with Crippen LogP contribution in [0.5, 0.6) is 5.75 Å².